The van der Waals surface area contributed by atoms with Gasteiger partial charge >= 0.3 is 5.97 Å². The first-order valence-electron chi connectivity index (χ1n) is 9.79. The van der Waals surface area contributed by atoms with Crippen LogP contribution in [-0.4, -0.2) is 29.0 Å². The zero-order valence-electron chi connectivity index (χ0n) is 18.3. The summed E-state index contributed by atoms with van der Waals surface area (Å²) in [5.41, 5.74) is 4.92. The maximum Gasteiger partial charge on any atom is 0.337 e. The molecule has 176 valence electrons. The molecule has 3 aromatic carbocycles. The van der Waals surface area contributed by atoms with Crippen LogP contribution in [0, 0.1) is 24.0 Å². The van der Waals surface area contributed by atoms with E-state index in [-0.39, 0.29) is 11.3 Å². The Morgan fingerprint density at radius 1 is 1.03 bits per heavy atom. The number of carboxylic acids is 1. The van der Waals surface area contributed by atoms with Gasteiger partial charge in [-0.15, -0.1) is 3.89 Å². The largest absolute Gasteiger partial charge is 0.722 e. The van der Waals surface area contributed by atoms with Crippen molar-refractivity contribution in [3.05, 3.63) is 81.4 Å². The van der Waals surface area contributed by atoms with Gasteiger partial charge < -0.3 is 9.66 Å². The lowest BCUT2D eigenvalue weighted by molar-refractivity contribution is -0.617. The van der Waals surface area contributed by atoms with Crippen molar-refractivity contribution >= 4 is 44.0 Å². The van der Waals surface area contributed by atoms with Crippen LogP contribution in [0.2, 0.25) is 0 Å². The second kappa shape index (κ2) is 9.12. The van der Waals surface area contributed by atoms with Crippen molar-refractivity contribution in [3.63, 3.8) is 0 Å². The normalized spacial score (nSPS) is 11.2. The van der Waals surface area contributed by atoms with E-state index >= 15 is 0 Å². The molecule has 0 spiro atoms. The number of aromatic carboxylic acids is 1. The van der Waals surface area contributed by atoms with Gasteiger partial charge in [-0.05, 0) is 42.2 Å². The topological polar surface area (TPSA) is 142 Å². The summed E-state index contributed by atoms with van der Waals surface area (Å²) in [5, 5.41) is 22.6. The number of nitrogens with zero attached hydrogens (tertiary/aromatic N) is 2. The van der Waals surface area contributed by atoms with Gasteiger partial charge in [0, 0.05) is 24.3 Å². The van der Waals surface area contributed by atoms with E-state index in [1.54, 1.807) is 0 Å². The predicted octanol–water partition coefficient (Wildman–Crippen LogP) is 4.12. The third kappa shape index (κ3) is 4.85. The predicted molar refractivity (Wildman–Crippen MR) is 122 cm³/mol. The zero-order valence-corrected chi connectivity index (χ0v) is 19.1. The van der Waals surface area contributed by atoms with E-state index in [9.17, 15) is 23.9 Å². The number of hydrogen-bond donors (Lipinski definition) is 1. The van der Waals surface area contributed by atoms with Crippen molar-refractivity contribution in [1.29, 1.82) is 0 Å². The quantitative estimate of drug-likeness (QED) is 0.115. The van der Waals surface area contributed by atoms with E-state index in [1.807, 2.05) is 67.9 Å². The number of carboxylic acid groups (broad SMARTS) is 1. The van der Waals surface area contributed by atoms with E-state index in [2.05, 4.69) is 0 Å². The number of nitro benzene ring substituents is 1. The van der Waals surface area contributed by atoms with Crippen LogP contribution >= 0.6 is 0 Å². The van der Waals surface area contributed by atoms with Crippen LogP contribution in [0.3, 0.4) is 0 Å². The molecule has 0 amide bonds. The van der Waals surface area contributed by atoms with Crippen molar-refractivity contribution in [2.24, 2.45) is 7.05 Å². The highest BCUT2D eigenvalue weighted by Gasteiger charge is 2.26. The summed E-state index contributed by atoms with van der Waals surface area (Å²) >= 11 is 0. The van der Waals surface area contributed by atoms with Gasteiger partial charge in [0.05, 0.1) is 21.3 Å². The molecule has 0 fully saturated rings. The molecule has 0 aliphatic heterocycles. The first kappa shape index (κ1) is 24.7. The van der Waals surface area contributed by atoms with Crippen molar-refractivity contribution in [3.8, 4) is 11.1 Å². The molecule has 9 nitrogen and oxygen atoms in total. The van der Waals surface area contributed by atoms with Gasteiger partial charge in [-0.2, -0.15) is 4.57 Å². The average Bonchev–Trinajstić information content (AvgIpc) is 2.72. The van der Waals surface area contributed by atoms with E-state index < -0.39 is 21.4 Å². The fourth-order valence-electron chi connectivity index (χ4n) is 4.23. The van der Waals surface area contributed by atoms with Gasteiger partial charge in [-0.25, -0.2) is 13.2 Å². The standard InChI is InChI=1S/C23H18N2O4.FHO3S/c1-13-11-15(25(28)29)12-14(2)20(13)17-8-6-10-19-21(17)22(23(26)27)16-7-4-5-9-18(16)24(19)3;1-5(2,3)4/h4-12H,1-3H3;(H,2,3,4). The van der Waals surface area contributed by atoms with Gasteiger partial charge in [0.2, 0.25) is 11.0 Å². The number of carbonyl (C=O) groups is 1. The van der Waals surface area contributed by atoms with Gasteiger partial charge in [-0.3, -0.25) is 10.1 Å². The lowest BCUT2D eigenvalue weighted by atomic mass is 9.89. The third-order valence-electron chi connectivity index (χ3n) is 5.40. The minimum atomic E-state index is -5.42. The highest BCUT2D eigenvalue weighted by Crippen LogP contribution is 2.38. The number of hydrogen-bond acceptors (Lipinski definition) is 6. The van der Waals surface area contributed by atoms with E-state index in [4.69, 9.17) is 13.0 Å². The molecular formula is C23H19FN2O7S. The van der Waals surface area contributed by atoms with Crippen molar-refractivity contribution in [2.75, 3.05) is 0 Å². The van der Waals surface area contributed by atoms with Crippen LogP contribution in [0.5, 0.6) is 0 Å². The SMILES string of the molecule is Cc1cc([N+](=O)[O-])cc(C)c1-c1cccc2c1c(C(=O)O)c1ccccc1[n+]2C.O=S(=O)([O-])F. The van der Waals surface area contributed by atoms with E-state index in [0.29, 0.717) is 10.8 Å². The molecule has 0 radical (unpaired) electrons. The number of benzene rings is 3. The first-order valence-corrected chi connectivity index (χ1v) is 11.1. The Balaban J connectivity index is 0.000000588. The maximum atomic E-state index is 12.3. The summed E-state index contributed by atoms with van der Waals surface area (Å²) in [6.45, 7) is 3.63. The van der Waals surface area contributed by atoms with Gasteiger partial charge in [0.25, 0.3) is 16.2 Å². The first-order chi connectivity index (χ1) is 15.8. The van der Waals surface area contributed by atoms with Gasteiger partial charge in [-0.1, -0.05) is 24.3 Å². The molecule has 1 heterocycles. The fraction of sp³-hybridized carbons (Fsp3) is 0.130. The molecule has 1 aromatic heterocycles. The Labute approximate surface area is 193 Å². The van der Waals surface area contributed by atoms with Crippen molar-refractivity contribution in [1.82, 2.24) is 0 Å². The Morgan fingerprint density at radius 3 is 2.09 bits per heavy atom. The molecule has 0 saturated carbocycles. The number of non-ortho nitro benzene ring substituents is 1. The van der Waals surface area contributed by atoms with E-state index in [0.717, 1.165) is 33.3 Å². The monoisotopic (exact) mass is 486 g/mol. The lowest BCUT2D eigenvalue weighted by Gasteiger charge is -2.15. The van der Waals surface area contributed by atoms with Crippen LogP contribution in [0.15, 0.2) is 54.6 Å². The lowest BCUT2D eigenvalue weighted by Crippen LogP contribution is -2.31. The van der Waals surface area contributed by atoms with Gasteiger partial charge in [0.1, 0.15) is 7.05 Å². The van der Waals surface area contributed by atoms with Crippen molar-refractivity contribution in [2.45, 2.75) is 13.8 Å². The minimum absolute atomic E-state index is 0.0263. The number of aryl methyl sites for hydroxylation is 3. The molecule has 11 heteroatoms. The van der Waals surface area contributed by atoms with Crippen LogP contribution in [0.1, 0.15) is 21.5 Å². The average molecular weight is 486 g/mol. The van der Waals surface area contributed by atoms with Crippen LogP contribution in [0.4, 0.5) is 9.57 Å². The number of para-hydroxylation sites is 1. The number of rotatable bonds is 3. The molecule has 0 atom stereocenters. The summed E-state index contributed by atoms with van der Waals surface area (Å²) in [4.78, 5) is 23.1. The van der Waals surface area contributed by atoms with Crippen LogP contribution in [-0.2, 0) is 17.6 Å². The summed E-state index contributed by atoms with van der Waals surface area (Å²) in [5.74, 6) is -1.00. The Morgan fingerprint density at radius 2 is 1.56 bits per heavy atom. The molecule has 4 rings (SSSR count). The highest BCUT2D eigenvalue weighted by molar-refractivity contribution is 7.80. The van der Waals surface area contributed by atoms with Crippen LogP contribution in [0.25, 0.3) is 32.9 Å². The van der Waals surface area contributed by atoms with Gasteiger partial charge in [0.15, 0.2) is 0 Å². The number of pyridine rings is 1. The van der Waals surface area contributed by atoms with Crippen LogP contribution < -0.4 is 4.57 Å². The fourth-order valence-corrected chi connectivity index (χ4v) is 4.23. The van der Waals surface area contributed by atoms with E-state index in [1.165, 1.54) is 12.1 Å². The Bertz CT molecular complexity index is 1550. The number of halogens is 1. The molecule has 0 bridgehead atoms. The second-order valence-electron chi connectivity index (χ2n) is 7.56. The molecule has 1 N–H and O–H groups in total. The zero-order chi connectivity index (χ0) is 25.4. The number of nitro groups is 1. The summed E-state index contributed by atoms with van der Waals surface area (Å²) in [6.07, 6.45) is 0. The molecule has 34 heavy (non-hydrogen) atoms. The molecule has 0 aliphatic carbocycles. The summed E-state index contributed by atoms with van der Waals surface area (Å²) in [6, 6.07) is 16.1. The molecule has 0 unspecified atom stereocenters. The minimum Gasteiger partial charge on any atom is -0.722 e. The number of fused-ring (bicyclic) bond motifs is 2. The maximum absolute atomic E-state index is 12.3. The Hall–Kier alpha value is -3.96. The van der Waals surface area contributed by atoms with Crippen molar-refractivity contribution < 1.29 is 36.2 Å². The highest BCUT2D eigenvalue weighted by atomic mass is 32.3. The second-order valence-corrected chi connectivity index (χ2v) is 8.35. The number of aromatic nitrogens is 1. The molecule has 0 aliphatic rings. The molecule has 4 aromatic rings. The Kier molecular flexibility index (Phi) is 6.62. The molecular weight excluding hydrogens is 467 g/mol. The summed E-state index contributed by atoms with van der Waals surface area (Å²) in [7, 11) is -3.50. The smallest absolute Gasteiger partial charge is 0.337 e. The summed E-state index contributed by atoms with van der Waals surface area (Å²) < 4.78 is 37.3. The third-order valence-corrected chi connectivity index (χ3v) is 5.40. The molecule has 0 saturated heterocycles.